The zero-order chi connectivity index (χ0) is 15.0. The van der Waals surface area contributed by atoms with Gasteiger partial charge >= 0.3 is 0 Å². The Hall–Kier alpha value is -2.42. The van der Waals surface area contributed by atoms with Crippen LogP contribution in [0.3, 0.4) is 0 Å². The van der Waals surface area contributed by atoms with Gasteiger partial charge < -0.3 is 5.11 Å². The predicted molar refractivity (Wildman–Crippen MR) is 83.9 cm³/mol. The van der Waals surface area contributed by atoms with Gasteiger partial charge in [0.25, 0.3) is 0 Å². The zero-order valence-electron chi connectivity index (χ0n) is 12.2. The molecule has 1 aliphatic carbocycles. The Labute approximate surface area is 123 Å². The molecule has 0 bridgehead atoms. The minimum atomic E-state index is -0.0883. The van der Waals surface area contributed by atoms with E-state index < -0.39 is 0 Å². The molecule has 3 rings (SSSR count). The molecule has 1 N–H and O–H groups in total. The molecule has 0 atom stereocenters. The number of hydrogen-bond donors (Lipinski definition) is 1. The van der Waals surface area contributed by atoms with Gasteiger partial charge in [-0.15, -0.1) is 0 Å². The van der Waals surface area contributed by atoms with Gasteiger partial charge in [0.2, 0.25) is 0 Å². The van der Waals surface area contributed by atoms with Gasteiger partial charge in [-0.2, -0.15) is 0 Å². The third-order valence-corrected chi connectivity index (χ3v) is 3.90. The van der Waals surface area contributed by atoms with Gasteiger partial charge in [0.1, 0.15) is 5.76 Å². The molecule has 3 nitrogen and oxygen atoms in total. The minimum absolute atomic E-state index is 0.0752. The van der Waals surface area contributed by atoms with Crippen LogP contribution in [0.5, 0.6) is 0 Å². The summed E-state index contributed by atoms with van der Waals surface area (Å²) in [6.07, 6.45) is 1.57. The Balaban J connectivity index is 2.09. The number of hydrogen-bond acceptors (Lipinski definition) is 3. The van der Waals surface area contributed by atoms with Crippen molar-refractivity contribution in [2.45, 2.75) is 26.7 Å². The largest absolute Gasteiger partial charge is 0.507 e. The SMILES string of the molecule is CCCC1=C(C)C(O)=C(c2ccc3ccccc3n2)C1=O. The highest BCUT2D eigenvalue weighted by molar-refractivity contribution is 6.32. The van der Waals surface area contributed by atoms with Crippen molar-refractivity contribution in [3.63, 3.8) is 0 Å². The first kappa shape index (κ1) is 13.6. The second kappa shape index (κ2) is 5.17. The number of para-hydroxylation sites is 1. The van der Waals surface area contributed by atoms with E-state index >= 15 is 0 Å². The first-order chi connectivity index (χ1) is 10.1. The highest BCUT2D eigenvalue weighted by Crippen LogP contribution is 2.35. The van der Waals surface area contributed by atoms with E-state index in [1.54, 1.807) is 13.0 Å². The summed E-state index contributed by atoms with van der Waals surface area (Å²) >= 11 is 0. The molecule has 0 aliphatic heterocycles. The molecule has 0 unspecified atom stereocenters. The van der Waals surface area contributed by atoms with Crippen LogP contribution in [0, 0.1) is 0 Å². The Morgan fingerprint density at radius 1 is 1.14 bits per heavy atom. The van der Waals surface area contributed by atoms with E-state index in [9.17, 15) is 9.90 Å². The maximum Gasteiger partial charge on any atom is 0.195 e. The van der Waals surface area contributed by atoms with E-state index in [-0.39, 0.29) is 11.5 Å². The number of rotatable bonds is 3. The summed E-state index contributed by atoms with van der Waals surface area (Å²) < 4.78 is 0. The van der Waals surface area contributed by atoms with Crippen LogP contribution >= 0.6 is 0 Å². The normalized spacial score (nSPS) is 15.4. The standard InChI is InChI=1S/C18H17NO2/c1-3-6-13-11(2)17(20)16(18(13)21)15-10-9-12-7-4-5-8-14(12)19-15/h4-5,7-10,20H,3,6H2,1-2H3. The summed E-state index contributed by atoms with van der Waals surface area (Å²) in [5.74, 6) is -0.0131. The molecule has 0 fully saturated rings. The van der Waals surface area contributed by atoms with Crippen molar-refractivity contribution in [2.24, 2.45) is 0 Å². The van der Waals surface area contributed by atoms with E-state index in [1.165, 1.54) is 0 Å². The second-order valence-corrected chi connectivity index (χ2v) is 5.30. The summed E-state index contributed by atoms with van der Waals surface area (Å²) in [6.45, 7) is 3.82. The van der Waals surface area contributed by atoms with Crippen LogP contribution in [-0.2, 0) is 4.79 Å². The monoisotopic (exact) mass is 279 g/mol. The van der Waals surface area contributed by atoms with Gasteiger partial charge in [0.05, 0.1) is 16.8 Å². The Morgan fingerprint density at radius 2 is 1.90 bits per heavy atom. The number of fused-ring (bicyclic) bond motifs is 1. The first-order valence-electron chi connectivity index (χ1n) is 7.17. The molecule has 106 valence electrons. The highest BCUT2D eigenvalue weighted by Gasteiger charge is 2.31. The molecule has 3 heteroatoms. The summed E-state index contributed by atoms with van der Waals surface area (Å²) in [4.78, 5) is 17.1. The predicted octanol–water partition coefficient (Wildman–Crippen LogP) is 4.20. The van der Waals surface area contributed by atoms with Crippen molar-refractivity contribution >= 4 is 22.3 Å². The van der Waals surface area contributed by atoms with Gasteiger partial charge in [-0.25, -0.2) is 4.98 Å². The fourth-order valence-corrected chi connectivity index (χ4v) is 2.75. The number of pyridine rings is 1. The summed E-state index contributed by atoms with van der Waals surface area (Å²) in [5.41, 5.74) is 3.10. The lowest BCUT2D eigenvalue weighted by Gasteiger charge is -2.05. The number of benzene rings is 1. The number of ketones is 1. The molecule has 0 amide bonds. The molecular formula is C18H17NO2. The van der Waals surface area contributed by atoms with Gasteiger partial charge in [-0.1, -0.05) is 37.6 Å². The molecule has 21 heavy (non-hydrogen) atoms. The van der Waals surface area contributed by atoms with Crippen molar-refractivity contribution in [1.29, 1.82) is 0 Å². The van der Waals surface area contributed by atoms with Crippen LogP contribution in [0.2, 0.25) is 0 Å². The number of Topliss-reactive ketones (excluding diaryl/α,β-unsaturated/α-hetero) is 1. The third kappa shape index (κ3) is 2.15. The number of aliphatic hydroxyl groups excluding tert-OH is 1. The minimum Gasteiger partial charge on any atom is -0.507 e. The highest BCUT2D eigenvalue weighted by atomic mass is 16.3. The Bertz CT molecular complexity index is 800. The van der Waals surface area contributed by atoms with Crippen molar-refractivity contribution in [1.82, 2.24) is 4.98 Å². The summed E-state index contributed by atoms with van der Waals surface area (Å²) in [6, 6.07) is 11.5. The van der Waals surface area contributed by atoms with E-state index in [0.29, 0.717) is 28.8 Å². The number of allylic oxidation sites excluding steroid dienone is 3. The van der Waals surface area contributed by atoms with Gasteiger partial charge in [0, 0.05) is 11.0 Å². The van der Waals surface area contributed by atoms with Crippen LogP contribution in [0.25, 0.3) is 16.5 Å². The fraction of sp³-hybridized carbons (Fsp3) is 0.222. The molecule has 2 aromatic rings. The first-order valence-corrected chi connectivity index (χ1v) is 7.17. The van der Waals surface area contributed by atoms with Gasteiger partial charge in [-0.05, 0) is 31.1 Å². The van der Waals surface area contributed by atoms with Crippen LogP contribution in [-0.4, -0.2) is 15.9 Å². The fourth-order valence-electron chi connectivity index (χ4n) is 2.75. The lowest BCUT2D eigenvalue weighted by Crippen LogP contribution is -2.04. The Morgan fingerprint density at radius 3 is 2.67 bits per heavy atom. The topological polar surface area (TPSA) is 50.2 Å². The van der Waals surface area contributed by atoms with E-state index in [1.807, 2.05) is 37.3 Å². The van der Waals surface area contributed by atoms with Crippen molar-refractivity contribution < 1.29 is 9.90 Å². The molecule has 1 heterocycles. The molecule has 1 aliphatic rings. The van der Waals surface area contributed by atoms with E-state index in [2.05, 4.69) is 4.98 Å². The van der Waals surface area contributed by atoms with Crippen molar-refractivity contribution in [3.8, 4) is 0 Å². The summed E-state index contributed by atoms with van der Waals surface area (Å²) in [7, 11) is 0. The molecular weight excluding hydrogens is 262 g/mol. The zero-order valence-corrected chi connectivity index (χ0v) is 12.2. The molecule has 1 aromatic carbocycles. The van der Waals surface area contributed by atoms with E-state index in [0.717, 1.165) is 17.3 Å². The van der Waals surface area contributed by atoms with Crippen LogP contribution in [0.4, 0.5) is 0 Å². The molecule has 0 saturated carbocycles. The van der Waals surface area contributed by atoms with Crippen LogP contribution in [0.15, 0.2) is 53.3 Å². The number of nitrogens with zero attached hydrogens (tertiary/aromatic N) is 1. The number of carbonyl (C=O) groups excluding carboxylic acids is 1. The van der Waals surface area contributed by atoms with Crippen molar-refractivity contribution in [3.05, 3.63) is 59.0 Å². The van der Waals surface area contributed by atoms with Crippen molar-refractivity contribution in [2.75, 3.05) is 0 Å². The summed E-state index contributed by atoms with van der Waals surface area (Å²) in [5, 5.41) is 11.3. The van der Waals surface area contributed by atoms with Crippen LogP contribution in [0.1, 0.15) is 32.4 Å². The maximum atomic E-state index is 12.5. The molecule has 1 aromatic heterocycles. The number of aliphatic hydroxyl groups is 1. The quantitative estimate of drug-likeness (QED) is 0.915. The third-order valence-electron chi connectivity index (χ3n) is 3.90. The average Bonchev–Trinajstić information content (AvgIpc) is 2.71. The second-order valence-electron chi connectivity index (χ2n) is 5.30. The molecule has 0 saturated heterocycles. The number of carbonyl (C=O) groups is 1. The lowest BCUT2D eigenvalue weighted by atomic mass is 10.0. The van der Waals surface area contributed by atoms with Crippen LogP contribution < -0.4 is 0 Å². The molecule has 0 radical (unpaired) electrons. The average molecular weight is 279 g/mol. The van der Waals surface area contributed by atoms with Gasteiger partial charge in [-0.3, -0.25) is 4.79 Å². The van der Waals surface area contributed by atoms with E-state index in [4.69, 9.17) is 0 Å². The number of aromatic nitrogens is 1. The maximum absolute atomic E-state index is 12.5. The smallest absolute Gasteiger partial charge is 0.195 e. The van der Waals surface area contributed by atoms with Gasteiger partial charge in [0.15, 0.2) is 5.78 Å². The Kier molecular flexibility index (Phi) is 3.34. The molecule has 0 spiro atoms. The lowest BCUT2D eigenvalue weighted by molar-refractivity contribution is -0.110.